The van der Waals surface area contributed by atoms with Crippen molar-refractivity contribution in [1.29, 1.82) is 0 Å². The number of carbonyl (C=O) groups is 2. The third kappa shape index (κ3) is 1.77. The molecule has 5 nitrogen and oxygen atoms in total. The number of furan rings is 1. The molecule has 2 saturated heterocycles. The van der Waals surface area contributed by atoms with E-state index in [-0.39, 0.29) is 18.0 Å². The van der Waals surface area contributed by atoms with Gasteiger partial charge in [-0.05, 0) is 49.2 Å². The van der Waals surface area contributed by atoms with Crippen LogP contribution in [0.3, 0.4) is 0 Å². The first-order valence-electron chi connectivity index (χ1n) is 7.04. The maximum Gasteiger partial charge on any atom is 0.332 e. The Bertz CT molecular complexity index is 669. The van der Waals surface area contributed by atoms with E-state index in [4.69, 9.17) is 4.42 Å². The third-order valence-corrected chi connectivity index (χ3v) is 4.13. The molecule has 21 heavy (non-hydrogen) atoms. The molecule has 2 aliphatic heterocycles. The molecule has 0 bridgehead atoms. The van der Waals surface area contributed by atoms with Crippen LogP contribution in [0.1, 0.15) is 12.8 Å². The lowest BCUT2D eigenvalue weighted by atomic mass is 10.1. The van der Waals surface area contributed by atoms with Crippen molar-refractivity contribution in [3.63, 3.8) is 0 Å². The van der Waals surface area contributed by atoms with Gasteiger partial charge in [0, 0.05) is 12.1 Å². The molecule has 1 aromatic carbocycles. The van der Waals surface area contributed by atoms with Crippen molar-refractivity contribution in [2.24, 2.45) is 0 Å². The first-order valence-corrected chi connectivity index (χ1v) is 7.04. The Hall–Kier alpha value is -2.56. The molecular formula is C16H14N2O3. The molecule has 0 saturated carbocycles. The standard InChI is InChI=1S/C16H14N2O3/c19-15-13-3-1-9-17(13)16(20)18(15)12-7-5-11(6-8-12)14-4-2-10-21-14/h2,4-8,10,13H,1,3,9H2. The summed E-state index contributed by atoms with van der Waals surface area (Å²) in [7, 11) is 0. The van der Waals surface area contributed by atoms with Gasteiger partial charge < -0.3 is 9.32 Å². The number of fused-ring (bicyclic) bond motifs is 1. The number of imide groups is 1. The molecule has 2 aromatic rings. The molecule has 1 unspecified atom stereocenters. The minimum Gasteiger partial charge on any atom is -0.464 e. The highest BCUT2D eigenvalue weighted by Gasteiger charge is 2.47. The fourth-order valence-corrected chi connectivity index (χ4v) is 3.08. The first-order chi connectivity index (χ1) is 10.3. The summed E-state index contributed by atoms with van der Waals surface area (Å²) in [5.74, 6) is 0.657. The van der Waals surface area contributed by atoms with Crippen LogP contribution in [0.4, 0.5) is 10.5 Å². The van der Waals surface area contributed by atoms with E-state index in [0.29, 0.717) is 12.2 Å². The summed E-state index contributed by atoms with van der Waals surface area (Å²) in [5, 5.41) is 0. The molecule has 0 aliphatic carbocycles. The zero-order chi connectivity index (χ0) is 14.4. The molecule has 1 atom stereocenters. The second kappa shape index (κ2) is 4.48. The predicted molar refractivity (Wildman–Crippen MR) is 76.8 cm³/mol. The Balaban J connectivity index is 1.65. The minimum absolute atomic E-state index is 0.108. The van der Waals surface area contributed by atoms with Crippen LogP contribution in [-0.4, -0.2) is 29.4 Å². The van der Waals surface area contributed by atoms with Gasteiger partial charge in [-0.25, -0.2) is 9.69 Å². The molecule has 0 N–H and O–H groups in total. The highest BCUT2D eigenvalue weighted by molar-refractivity contribution is 6.21. The molecule has 4 rings (SSSR count). The average Bonchev–Trinajstić information content (AvgIpc) is 3.22. The van der Waals surface area contributed by atoms with Gasteiger partial charge in [-0.3, -0.25) is 4.79 Å². The molecular weight excluding hydrogens is 268 g/mol. The number of benzene rings is 1. The summed E-state index contributed by atoms with van der Waals surface area (Å²) in [4.78, 5) is 27.6. The molecule has 1 aromatic heterocycles. The highest BCUT2D eigenvalue weighted by atomic mass is 16.3. The number of rotatable bonds is 2. The zero-order valence-corrected chi connectivity index (χ0v) is 11.4. The van der Waals surface area contributed by atoms with Crippen LogP contribution in [0.25, 0.3) is 11.3 Å². The fraction of sp³-hybridized carbons (Fsp3) is 0.250. The monoisotopic (exact) mass is 282 g/mol. The lowest BCUT2D eigenvalue weighted by Crippen LogP contribution is -2.32. The second-order valence-electron chi connectivity index (χ2n) is 5.33. The Morgan fingerprint density at radius 3 is 2.57 bits per heavy atom. The normalized spacial score (nSPS) is 21.2. The Kier molecular flexibility index (Phi) is 2.60. The van der Waals surface area contributed by atoms with E-state index in [1.807, 2.05) is 24.3 Å². The number of carbonyl (C=O) groups excluding carboxylic acids is 2. The maximum atomic E-state index is 12.4. The van der Waals surface area contributed by atoms with Gasteiger partial charge in [-0.2, -0.15) is 0 Å². The van der Waals surface area contributed by atoms with Gasteiger partial charge in [-0.15, -0.1) is 0 Å². The van der Waals surface area contributed by atoms with Crippen molar-refractivity contribution in [1.82, 2.24) is 4.90 Å². The second-order valence-corrected chi connectivity index (χ2v) is 5.33. The van der Waals surface area contributed by atoms with E-state index >= 15 is 0 Å². The van der Waals surface area contributed by atoms with Crippen LogP contribution in [0, 0.1) is 0 Å². The Labute approximate surface area is 121 Å². The van der Waals surface area contributed by atoms with Gasteiger partial charge >= 0.3 is 6.03 Å². The summed E-state index contributed by atoms with van der Waals surface area (Å²) in [6.45, 7) is 0.677. The zero-order valence-electron chi connectivity index (χ0n) is 11.4. The third-order valence-electron chi connectivity index (χ3n) is 4.13. The molecule has 106 valence electrons. The van der Waals surface area contributed by atoms with Crippen LogP contribution >= 0.6 is 0 Å². The SMILES string of the molecule is O=C1C2CCCN2C(=O)N1c1ccc(-c2ccco2)cc1. The number of anilines is 1. The van der Waals surface area contributed by atoms with Crippen LogP contribution in [0.15, 0.2) is 47.1 Å². The van der Waals surface area contributed by atoms with Crippen molar-refractivity contribution < 1.29 is 14.0 Å². The van der Waals surface area contributed by atoms with Crippen LogP contribution in [0.2, 0.25) is 0 Å². The van der Waals surface area contributed by atoms with Crippen molar-refractivity contribution in [3.05, 3.63) is 42.7 Å². The van der Waals surface area contributed by atoms with Gasteiger partial charge in [0.15, 0.2) is 0 Å². The number of hydrogen-bond acceptors (Lipinski definition) is 3. The van der Waals surface area contributed by atoms with Crippen molar-refractivity contribution in [2.45, 2.75) is 18.9 Å². The summed E-state index contributed by atoms with van der Waals surface area (Å²) < 4.78 is 5.33. The van der Waals surface area contributed by atoms with E-state index in [1.165, 1.54) is 4.90 Å². The van der Waals surface area contributed by atoms with Gasteiger partial charge in [-0.1, -0.05) is 0 Å². The molecule has 0 radical (unpaired) electrons. The quantitative estimate of drug-likeness (QED) is 0.796. The van der Waals surface area contributed by atoms with Crippen LogP contribution in [-0.2, 0) is 4.79 Å². The minimum atomic E-state index is -0.262. The van der Waals surface area contributed by atoms with E-state index in [2.05, 4.69) is 0 Å². The summed E-state index contributed by atoms with van der Waals surface area (Å²) in [6, 6.07) is 10.5. The van der Waals surface area contributed by atoms with Crippen molar-refractivity contribution in [2.75, 3.05) is 11.4 Å². The van der Waals surface area contributed by atoms with Gasteiger partial charge in [0.25, 0.3) is 5.91 Å². The molecule has 3 heterocycles. The van der Waals surface area contributed by atoms with Crippen LogP contribution < -0.4 is 4.90 Å². The smallest absolute Gasteiger partial charge is 0.332 e. The molecule has 3 amide bonds. The predicted octanol–water partition coefficient (Wildman–Crippen LogP) is 2.88. The molecule has 2 aliphatic rings. The van der Waals surface area contributed by atoms with E-state index in [9.17, 15) is 9.59 Å². The lowest BCUT2D eigenvalue weighted by molar-refractivity contribution is -0.119. The van der Waals surface area contributed by atoms with E-state index in [1.54, 1.807) is 23.3 Å². The number of urea groups is 1. The Morgan fingerprint density at radius 1 is 1.10 bits per heavy atom. The summed E-state index contributed by atoms with van der Waals surface area (Å²) >= 11 is 0. The maximum absolute atomic E-state index is 12.4. The van der Waals surface area contributed by atoms with Crippen LogP contribution in [0.5, 0.6) is 0 Å². The lowest BCUT2D eigenvalue weighted by Gasteiger charge is -2.15. The molecule has 2 fully saturated rings. The van der Waals surface area contributed by atoms with Gasteiger partial charge in [0.1, 0.15) is 11.8 Å². The molecule has 0 spiro atoms. The largest absolute Gasteiger partial charge is 0.464 e. The number of nitrogens with zero attached hydrogens (tertiary/aromatic N) is 2. The Morgan fingerprint density at radius 2 is 1.90 bits per heavy atom. The molecule has 5 heteroatoms. The van der Waals surface area contributed by atoms with Gasteiger partial charge in [0.05, 0.1) is 12.0 Å². The number of amides is 3. The summed E-state index contributed by atoms with van der Waals surface area (Å²) in [6.07, 6.45) is 3.30. The average molecular weight is 282 g/mol. The van der Waals surface area contributed by atoms with E-state index < -0.39 is 0 Å². The first kappa shape index (κ1) is 12.2. The van der Waals surface area contributed by atoms with Crippen molar-refractivity contribution in [3.8, 4) is 11.3 Å². The fourth-order valence-electron chi connectivity index (χ4n) is 3.08. The highest BCUT2D eigenvalue weighted by Crippen LogP contribution is 2.32. The summed E-state index contributed by atoms with van der Waals surface area (Å²) in [5.41, 5.74) is 1.54. The topological polar surface area (TPSA) is 53.8 Å². The van der Waals surface area contributed by atoms with E-state index in [0.717, 1.165) is 24.2 Å². The number of hydrogen-bond donors (Lipinski definition) is 0. The van der Waals surface area contributed by atoms with Gasteiger partial charge in [0.2, 0.25) is 0 Å². The van der Waals surface area contributed by atoms with Crippen molar-refractivity contribution >= 4 is 17.6 Å².